The zero-order valence-electron chi connectivity index (χ0n) is 12.3. The summed E-state index contributed by atoms with van der Waals surface area (Å²) >= 11 is 5.31. The minimum Gasteiger partial charge on any atom is -0.494 e. The first-order chi connectivity index (χ1) is 10.2. The topological polar surface area (TPSA) is 33.3 Å². The average molecular weight is 300 g/mol. The van der Waals surface area contributed by atoms with E-state index < -0.39 is 0 Å². The highest BCUT2D eigenvalue weighted by atomic mass is 32.1. The minimum atomic E-state index is 0.601. The molecular weight excluding hydrogens is 280 g/mol. The molecule has 0 aromatic heterocycles. The highest BCUT2D eigenvalue weighted by Gasteiger charge is 2.00. The van der Waals surface area contributed by atoms with Crippen molar-refractivity contribution in [3.8, 4) is 5.75 Å². The van der Waals surface area contributed by atoms with Crippen LogP contribution in [0.25, 0.3) is 0 Å². The number of nitrogens with one attached hydrogen (secondary N) is 2. The third kappa shape index (κ3) is 5.08. The number of rotatable bonds is 5. The van der Waals surface area contributed by atoms with Crippen LogP contribution in [0, 0.1) is 6.92 Å². The Bertz CT molecular complexity index is 596. The van der Waals surface area contributed by atoms with E-state index in [0.717, 1.165) is 11.4 Å². The van der Waals surface area contributed by atoms with Gasteiger partial charge in [0.2, 0.25) is 0 Å². The lowest BCUT2D eigenvalue weighted by Crippen LogP contribution is -2.27. The van der Waals surface area contributed by atoms with Gasteiger partial charge in [-0.1, -0.05) is 35.9 Å². The number of benzene rings is 2. The van der Waals surface area contributed by atoms with Crippen molar-refractivity contribution in [1.82, 2.24) is 5.32 Å². The standard InChI is InChI=1S/C17H20N2OS/c1-3-20-16-6-4-5-15(11-16)19-17(21)18-12-14-9-7-13(2)8-10-14/h4-11H,3,12H2,1-2H3,(H2,18,19,21). The summed E-state index contributed by atoms with van der Waals surface area (Å²) in [6, 6.07) is 16.2. The van der Waals surface area contributed by atoms with Gasteiger partial charge in [-0.3, -0.25) is 0 Å². The number of ether oxygens (including phenoxy) is 1. The number of hydrogen-bond donors (Lipinski definition) is 2. The van der Waals surface area contributed by atoms with E-state index in [9.17, 15) is 0 Å². The summed E-state index contributed by atoms with van der Waals surface area (Å²) in [6.07, 6.45) is 0. The van der Waals surface area contributed by atoms with Crippen LogP contribution < -0.4 is 15.4 Å². The van der Waals surface area contributed by atoms with Gasteiger partial charge >= 0.3 is 0 Å². The van der Waals surface area contributed by atoms with E-state index in [1.54, 1.807) is 0 Å². The van der Waals surface area contributed by atoms with E-state index >= 15 is 0 Å². The lowest BCUT2D eigenvalue weighted by Gasteiger charge is -2.12. The first kappa shape index (κ1) is 15.3. The van der Waals surface area contributed by atoms with Gasteiger partial charge in [0.05, 0.1) is 6.61 Å². The fraction of sp³-hybridized carbons (Fsp3) is 0.235. The van der Waals surface area contributed by atoms with Crippen LogP contribution in [-0.2, 0) is 6.54 Å². The molecule has 2 rings (SSSR count). The summed E-state index contributed by atoms with van der Waals surface area (Å²) in [5.74, 6) is 0.837. The summed E-state index contributed by atoms with van der Waals surface area (Å²) < 4.78 is 5.46. The summed E-state index contributed by atoms with van der Waals surface area (Å²) in [6.45, 7) is 5.40. The van der Waals surface area contributed by atoms with Gasteiger partial charge in [-0.25, -0.2) is 0 Å². The predicted octanol–water partition coefficient (Wildman–Crippen LogP) is 3.88. The predicted molar refractivity (Wildman–Crippen MR) is 91.9 cm³/mol. The van der Waals surface area contributed by atoms with Crippen molar-refractivity contribution in [3.05, 3.63) is 59.7 Å². The molecule has 4 heteroatoms. The Morgan fingerprint density at radius 1 is 1.14 bits per heavy atom. The van der Waals surface area contributed by atoms with Gasteiger partial charge in [0.15, 0.2) is 5.11 Å². The van der Waals surface area contributed by atoms with Crippen molar-refractivity contribution < 1.29 is 4.74 Å². The smallest absolute Gasteiger partial charge is 0.171 e. The summed E-state index contributed by atoms with van der Waals surface area (Å²) in [5, 5.41) is 6.96. The molecule has 0 heterocycles. The molecule has 0 atom stereocenters. The number of aryl methyl sites for hydroxylation is 1. The van der Waals surface area contributed by atoms with Crippen LogP contribution in [0.2, 0.25) is 0 Å². The molecule has 2 N–H and O–H groups in total. The van der Waals surface area contributed by atoms with Crippen molar-refractivity contribution in [2.24, 2.45) is 0 Å². The van der Waals surface area contributed by atoms with Crippen LogP contribution in [0.3, 0.4) is 0 Å². The normalized spacial score (nSPS) is 10.0. The molecule has 0 aliphatic heterocycles. The molecule has 0 saturated heterocycles. The Hall–Kier alpha value is -2.07. The Kier molecular flexibility index (Phi) is 5.58. The summed E-state index contributed by atoms with van der Waals surface area (Å²) in [5.41, 5.74) is 3.38. The molecule has 0 bridgehead atoms. The number of anilines is 1. The fourth-order valence-corrected chi connectivity index (χ4v) is 2.08. The Morgan fingerprint density at radius 3 is 2.62 bits per heavy atom. The van der Waals surface area contributed by atoms with Gasteiger partial charge in [-0.05, 0) is 43.8 Å². The van der Waals surface area contributed by atoms with Crippen molar-refractivity contribution in [2.75, 3.05) is 11.9 Å². The van der Waals surface area contributed by atoms with Crippen LogP contribution in [0.5, 0.6) is 5.75 Å². The van der Waals surface area contributed by atoms with Gasteiger partial charge in [0.25, 0.3) is 0 Å². The average Bonchev–Trinajstić information content (AvgIpc) is 2.47. The fourth-order valence-electron chi connectivity index (χ4n) is 1.89. The van der Waals surface area contributed by atoms with Crippen molar-refractivity contribution in [1.29, 1.82) is 0 Å². The minimum absolute atomic E-state index is 0.601. The van der Waals surface area contributed by atoms with E-state index in [2.05, 4.69) is 41.8 Å². The molecule has 0 aliphatic carbocycles. The van der Waals surface area contributed by atoms with Crippen LogP contribution in [0.4, 0.5) is 5.69 Å². The second kappa shape index (κ2) is 7.64. The lowest BCUT2D eigenvalue weighted by molar-refractivity contribution is 0.340. The monoisotopic (exact) mass is 300 g/mol. The molecule has 3 nitrogen and oxygen atoms in total. The van der Waals surface area contributed by atoms with Crippen molar-refractivity contribution >= 4 is 23.0 Å². The zero-order chi connectivity index (χ0) is 15.1. The Labute approximate surface area is 131 Å². The molecular formula is C17H20N2OS. The molecule has 0 unspecified atom stereocenters. The molecule has 0 radical (unpaired) electrons. The Balaban J connectivity index is 1.86. The second-order valence-electron chi connectivity index (χ2n) is 4.75. The number of thiocarbonyl (C=S) groups is 1. The number of hydrogen-bond acceptors (Lipinski definition) is 2. The van der Waals surface area contributed by atoms with E-state index in [4.69, 9.17) is 17.0 Å². The SMILES string of the molecule is CCOc1cccc(NC(=S)NCc2ccc(C)cc2)c1. The van der Waals surface area contributed by atoms with Crippen molar-refractivity contribution in [2.45, 2.75) is 20.4 Å². The van der Waals surface area contributed by atoms with Crippen LogP contribution in [0.15, 0.2) is 48.5 Å². The first-order valence-electron chi connectivity index (χ1n) is 7.00. The van der Waals surface area contributed by atoms with Gasteiger partial charge in [-0.15, -0.1) is 0 Å². The zero-order valence-corrected chi connectivity index (χ0v) is 13.2. The van der Waals surface area contributed by atoms with Gasteiger partial charge < -0.3 is 15.4 Å². The molecule has 0 aliphatic rings. The molecule has 2 aromatic rings. The summed E-state index contributed by atoms with van der Waals surface area (Å²) in [7, 11) is 0. The molecule has 0 saturated carbocycles. The molecule has 0 amide bonds. The summed E-state index contributed by atoms with van der Waals surface area (Å²) in [4.78, 5) is 0. The maximum atomic E-state index is 5.46. The third-order valence-electron chi connectivity index (χ3n) is 2.98. The third-order valence-corrected chi connectivity index (χ3v) is 3.22. The van der Waals surface area contributed by atoms with E-state index in [-0.39, 0.29) is 0 Å². The van der Waals surface area contributed by atoms with Gasteiger partial charge in [0.1, 0.15) is 5.75 Å². The van der Waals surface area contributed by atoms with E-state index in [1.807, 2.05) is 31.2 Å². The van der Waals surface area contributed by atoms with Crippen molar-refractivity contribution in [3.63, 3.8) is 0 Å². The van der Waals surface area contributed by atoms with E-state index in [0.29, 0.717) is 18.3 Å². The second-order valence-corrected chi connectivity index (χ2v) is 5.16. The maximum Gasteiger partial charge on any atom is 0.171 e. The lowest BCUT2D eigenvalue weighted by atomic mass is 10.1. The van der Waals surface area contributed by atoms with Crippen LogP contribution >= 0.6 is 12.2 Å². The van der Waals surface area contributed by atoms with Gasteiger partial charge in [0, 0.05) is 18.3 Å². The molecule has 2 aromatic carbocycles. The highest BCUT2D eigenvalue weighted by Crippen LogP contribution is 2.17. The molecule has 21 heavy (non-hydrogen) atoms. The van der Waals surface area contributed by atoms with E-state index in [1.165, 1.54) is 11.1 Å². The molecule has 0 fully saturated rings. The van der Waals surface area contributed by atoms with Crippen LogP contribution in [0.1, 0.15) is 18.1 Å². The quantitative estimate of drug-likeness (QED) is 0.821. The largest absolute Gasteiger partial charge is 0.494 e. The molecule has 0 spiro atoms. The van der Waals surface area contributed by atoms with Gasteiger partial charge in [-0.2, -0.15) is 0 Å². The maximum absolute atomic E-state index is 5.46. The highest BCUT2D eigenvalue weighted by molar-refractivity contribution is 7.80. The Morgan fingerprint density at radius 2 is 1.90 bits per heavy atom. The van der Waals surface area contributed by atoms with Crippen LogP contribution in [-0.4, -0.2) is 11.7 Å². The molecule has 110 valence electrons. The first-order valence-corrected chi connectivity index (χ1v) is 7.41.